The van der Waals surface area contributed by atoms with Gasteiger partial charge in [-0.15, -0.1) is 0 Å². The Kier molecular flexibility index (Phi) is 9.07. The first-order chi connectivity index (χ1) is 13.6. The molecule has 0 bridgehead atoms. The molecule has 0 aromatic carbocycles. The van der Waals surface area contributed by atoms with Crippen molar-refractivity contribution in [1.29, 1.82) is 0 Å². The molecule has 0 spiro atoms. The van der Waals surface area contributed by atoms with Gasteiger partial charge >= 0.3 is 11.9 Å². The molecule has 1 saturated heterocycles. The van der Waals surface area contributed by atoms with Crippen molar-refractivity contribution in [1.82, 2.24) is 5.23 Å². The summed E-state index contributed by atoms with van der Waals surface area (Å²) < 4.78 is 0. The molecule has 168 valence electrons. The molecule has 11 heteroatoms. The van der Waals surface area contributed by atoms with Gasteiger partial charge in [0.1, 0.15) is 11.6 Å². The second-order valence-corrected chi connectivity index (χ2v) is 10.1. The normalized spacial score (nSPS) is 31.0. The lowest BCUT2D eigenvalue weighted by molar-refractivity contribution is -0.327. The number of carbonyl (C=O) groups is 2. The number of rotatable bonds is 10. The van der Waals surface area contributed by atoms with E-state index in [0.29, 0.717) is 30.3 Å². The van der Waals surface area contributed by atoms with Gasteiger partial charge in [-0.05, 0) is 74.9 Å². The van der Waals surface area contributed by atoms with Gasteiger partial charge in [-0.3, -0.25) is 0 Å². The second kappa shape index (κ2) is 10.7. The lowest BCUT2D eigenvalue weighted by Gasteiger charge is -2.34. The van der Waals surface area contributed by atoms with Gasteiger partial charge in [-0.25, -0.2) is 9.59 Å². The quantitative estimate of drug-likeness (QED) is 0.340. The van der Waals surface area contributed by atoms with E-state index in [1.54, 1.807) is 11.8 Å². The van der Waals surface area contributed by atoms with E-state index in [-0.39, 0.29) is 12.5 Å². The van der Waals surface area contributed by atoms with Crippen molar-refractivity contribution in [2.75, 3.05) is 24.0 Å². The van der Waals surface area contributed by atoms with Crippen molar-refractivity contribution in [3.63, 3.8) is 0 Å². The molecule has 2 aliphatic rings. The Morgan fingerprint density at radius 2 is 1.86 bits per heavy atom. The van der Waals surface area contributed by atoms with Crippen molar-refractivity contribution in [2.24, 2.45) is 28.9 Å². The minimum Gasteiger partial charge on any atom is -0.330 e. The molecule has 0 amide bonds. The molecule has 9 nitrogen and oxygen atoms in total. The third-order valence-electron chi connectivity index (χ3n) is 5.84. The van der Waals surface area contributed by atoms with Gasteiger partial charge in [0.2, 0.25) is 0 Å². The van der Waals surface area contributed by atoms with Crippen molar-refractivity contribution in [3.8, 4) is 0 Å². The Labute approximate surface area is 181 Å². The zero-order valence-corrected chi connectivity index (χ0v) is 18.9. The molecule has 1 saturated carbocycles. The molecule has 8 N–H and O–H groups in total. The highest BCUT2D eigenvalue weighted by atomic mass is 32.2. The number of nitrogens with two attached hydrogens (primary N) is 4. The number of hydrogen-bond acceptors (Lipinski definition) is 11. The topological polar surface area (TPSA) is 160 Å². The Morgan fingerprint density at radius 1 is 1.24 bits per heavy atom. The summed E-state index contributed by atoms with van der Waals surface area (Å²) in [5.41, 5.74) is 21.5. The third-order valence-corrected chi connectivity index (χ3v) is 7.07. The van der Waals surface area contributed by atoms with E-state index >= 15 is 0 Å². The third kappa shape index (κ3) is 6.22. The Bertz CT molecular complexity index is 574. The summed E-state index contributed by atoms with van der Waals surface area (Å²) in [4.78, 5) is 35.9. The Hall–Kier alpha value is -0.560. The smallest absolute Gasteiger partial charge is 0.330 e. The summed E-state index contributed by atoms with van der Waals surface area (Å²) in [6.07, 6.45) is 8.81. The largest absolute Gasteiger partial charge is 0.363 e. The van der Waals surface area contributed by atoms with Crippen LogP contribution >= 0.6 is 23.5 Å². The monoisotopic (exact) mass is 449 g/mol. The zero-order chi connectivity index (χ0) is 21.7. The first-order valence-electron chi connectivity index (χ1n) is 9.98. The number of nitrogens with zero attached hydrogens (tertiary/aromatic N) is 1. The van der Waals surface area contributed by atoms with E-state index in [2.05, 4.69) is 0 Å². The highest BCUT2D eigenvalue weighted by Gasteiger charge is 2.57. The maximum absolute atomic E-state index is 12.6. The van der Waals surface area contributed by atoms with Crippen molar-refractivity contribution in [3.05, 3.63) is 0 Å². The number of hydroxylamine groups is 2. The van der Waals surface area contributed by atoms with Crippen LogP contribution in [0.1, 0.15) is 44.9 Å². The van der Waals surface area contributed by atoms with Gasteiger partial charge in [0.25, 0.3) is 0 Å². The summed E-state index contributed by atoms with van der Waals surface area (Å²) in [7, 11) is 0. The summed E-state index contributed by atoms with van der Waals surface area (Å²) in [6.45, 7) is 0. The van der Waals surface area contributed by atoms with Crippen molar-refractivity contribution < 1.29 is 19.3 Å². The summed E-state index contributed by atoms with van der Waals surface area (Å²) >= 11 is 3.12. The highest BCUT2D eigenvalue weighted by Crippen LogP contribution is 2.37. The van der Waals surface area contributed by atoms with E-state index in [1.165, 1.54) is 11.8 Å². The second-order valence-electron chi connectivity index (χ2n) is 8.14. The van der Waals surface area contributed by atoms with Gasteiger partial charge in [0, 0.05) is 11.3 Å². The molecule has 1 aliphatic heterocycles. The van der Waals surface area contributed by atoms with E-state index in [0.717, 1.165) is 30.9 Å². The van der Waals surface area contributed by atoms with Crippen LogP contribution in [-0.2, 0) is 19.3 Å². The van der Waals surface area contributed by atoms with Crippen molar-refractivity contribution >= 4 is 35.5 Å². The number of thioether (sulfide) groups is 2. The molecule has 2 unspecified atom stereocenters. The van der Waals surface area contributed by atoms with Crippen LogP contribution in [0.2, 0.25) is 0 Å². The minimum atomic E-state index is -1.67. The Balaban J connectivity index is 2.15. The molecule has 0 aromatic heterocycles. The molecular formula is C18H35N5O4S2. The average molecular weight is 450 g/mol. The minimum absolute atomic E-state index is 0.215. The van der Waals surface area contributed by atoms with Gasteiger partial charge in [0.05, 0.1) is 0 Å². The first-order valence-corrected chi connectivity index (χ1v) is 12.8. The number of carbonyl (C=O) groups excluding carboxylic acids is 2. The van der Waals surface area contributed by atoms with Crippen LogP contribution in [0.15, 0.2) is 0 Å². The molecule has 0 radical (unpaired) electrons. The SMILES string of the molecule is CSCCC(N)(N)C(=O)ON1OC(=O)C(N)(CCSC)C1CC1CCC(N)CC1. The van der Waals surface area contributed by atoms with E-state index in [4.69, 9.17) is 32.6 Å². The van der Waals surface area contributed by atoms with Crippen LogP contribution in [0.25, 0.3) is 0 Å². The zero-order valence-electron chi connectivity index (χ0n) is 17.3. The van der Waals surface area contributed by atoms with Crippen LogP contribution in [0.4, 0.5) is 0 Å². The lowest BCUT2D eigenvalue weighted by Crippen LogP contribution is -2.60. The van der Waals surface area contributed by atoms with Gasteiger partial charge in [0.15, 0.2) is 5.66 Å². The molecule has 2 fully saturated rings. The van der Waals surface area contributed by atoms with Crippen LogP contribution in [-0.4, -0.2) is 64.5 Å². The molecule has 0 aromatic rings. The molecule has 2 rings (SSSR count). The highest BCUT2D eigenvalue weighted by molar-refractivity contribution is 7.98. The van der Waals surface area contributed by atoms with Crippen LogP contribution in [0.5, 0.6) is 0 Å². The van der Waals surface area contributed by atoms with E-state index in [9.17, 15) is 9.59 Å². The number of hydrogen-bond donors (Lipinski definition) is 4. The molecule has 29 heavy (non-hydrogen) atoms. The Morgan fingerprint density at radius 3 is 2.45 bits per heavy atom. The summed E-state index contributed by atoms with van der Waals surface area (Å²) in [6, 6.07) is -0.380. The fourth-order valence-electron chi connectivity index (χ4n) is 3.75. The summed E-state index contributed by atoms with van der Waals surface area (Å²) in [5.74, 6) is 0.169. The molecular weight excluding hydrogens is 414 g/mol. The predicted octanol–water partition coefficient (Wildman–Crippen LogP) is 0.312. The van der Waals surface area contributed by atoms with Crippen LogP contribution in [0, 0.1) is 5.92 Å². The first kappa shape index (κ1) is 24.7. The predicted molar refractivity (Wildman–Crippen MR) is 116 cm³/mol. The van der Waals surface area contributed by atoms with E-state index in [1.807, 2.05) is 12.5 Å². The standard InChI is InChI=1S/C18H35N5O4S2/c1-28-9-7-17(20)14(11-12-3-5-13(19)6-4-12)23(26-15(17)24)27-16(25)18(21,22)8-10-29-2/h12-14H,3-11,19-22H2,1-2H3. The van der Waals surface area contributed by atoms with Gasteiger partial charge in [-0.2, -0.15) is 23.5 Å². The van der Waals surface area contributed by atoms with Crippen molar-refractivity contribution in [2.45, 2.75) is 68.2 Å². The maximum Gasteiger partial charge on any atom is 0.363 e. The van der Waals surface area contributed by atoms with Gasteiger partial charge in [-0.1, -0.05) is 0 Å². The van der Waals surface area contributed by atoms with Crippen LogP contribution in [0.3, 0.4) is 0 Å². The molecule has 1 heterocycles. The average Bonchev–Trinajstić information content (AvgIpc) is 2.91. The van der Waals surface area contributed by atoms with Gasteiger partial charge < -0.3 is 32.6 Å². The fourth-order valence-corrected chi connectivity index (χ4v) is 4.84. The van der Waals surface area contributed by atoms with Crippen LogP contribution < -0.4 is 22.9 Å². The van der Waals surface area contributed by atoms with E-state index < -0.39 is 29.2 Å². The lowest BCUT2D eigenvalue weighted by atomic mass is 9.77. The fraction of sp³-hybridized carbons (Fsp3) is 0.889. The summed E-state index contributed by atoms with van der Waals surface area (Å²) in [5, 5.41) is 0.951. The molecule has 2 atom stereocenters. The maximum atomic E-state index is 12.6. The molecule has 1 aliphatic carbocycles.